The number of carbonyl (C=O) groups is 1. The minimum Gasteiger partial charge on any atom is -0.284 e. The van der Waals surface area contributed by atoms with Crippen molar-refractivity contribution in [2.75, 3.05) is 10.7 Å². The van der Waals surface area contributed by atoms with Gasteiger partial charge in [-0.05, 0) is 66.6 Å². The molecule has 0 unspecified atom stereocenters. The summed E-state index contributed by atoms with van der Waals surface area (Å²) in [6.07, 6.45) is 3.00. The van der Waals surface area contributed by atoms with Crippen LogP contribution in [0.2, 0.25) is 5.02 Å². The lowest BCUT2D eigenvalue weighted by Gasteiger charge is -2.20. The maximum absolute atomic E-state index is 13.2. The van der Waals surface area contributed by atoms with Crippen LogP contribution in [0.5, 0.6) is 0 Å². The number of fused-ring (bicyclic) bond motifs is 1. The fourth-order valence-corrected chi connectivity index (χ4v) is 5.97. The summed E-state index contributed by atoms with van der Waals surface area (Å²) in [4.78, 5) is 23.3. The number of anilines is 1. The maximum atomic E-state index is 13.2. The van der Waals surface area contributed by atoms with Crippen LogP contribution in [-0.2, 0) is 21.2 Å². The zero-order valence-electron chi connectivity index (χ0n) is 17.5. The zero-order valence-corrected chi connectivity index (χ0v) is 19.9. The predicted molar refractivity (Wildman–Crippen MR) is 128 cm³/mol. The Hall–Kier alpha value is -2.88. The zero-order chi connectivity index (χ0) is 23.6. The van der Waals surface area contributed by atoms with E-state index in [1.807, 2.05) is 6.92 Å². The number of hydrogen-bond donors (Lipinski definition) is 0. The number of hydrogen-bond acceptors (Lipinski definition) is 6. The van der Waals surface area contributed by atoms with Gasteiger partial charge in [0.2, 0.25) is 5.91 Å². The molecule has 0 bridgehead atoms. The van der Waals surface area contributed by atoms with Gasteiger partial charge >= 0.3 is 0 Å². The van der Waals surface area contributed by atoms with E-state index in [1.165, 1.54) is 28.4 Å². The van der Waals surface area contributed by atoms with Crippen LogP contribution in [0.25, 0.3) is 10.2 Å². The molecular formula is C23H19ClFN3O3S2. The second-order valence-electron chi connectivity index (χ2n) is 7.42. The summed E-state index contributed by atoms with van der Waals surface area (Å²) in [6.45, 7) is 2.10. The Labute approximate surface area is 199 Å². The molecule has 0 saturated carbocycles. The average molecular weight is 504 g/mol. The molecule has 4 rings (SSSR count). The first-order valence-electron chi connectivity index (χ1n) is 9.97. The van der Waals surface area contributed by atoms with Gasteiger partial charge in [0.15, 0.2) is 15.0 Å². The number of aryl methyl sites for hydroxylation is 1. The Kier molecular flexibility index (Phi) is 6.73. The highest BCUT2D eigenvalue weighted by Crippen LogP contribution is 2.34. The van der Waals surface area contributed by atoms with Crippen molar-refractivity contribution in [1.29, 1.82) is 0 Å². The highest BCUT2D eigenvalue weighted by Gasteiger charge is 2.24. The fourth-order valence-electron chi connectivity index (χ4n) is 3.31. The molecule has 2 heterocycles. The van der Waals surface area contributed by atoms with Crippen LogP contribution in [-0.4, -0.2) is 30.0 Å². The maximum Gasteiger partial charge on any atom is 0.230 e. The highest BCUT2D eigenvalue weighted by atomic mass is 35.5. The van der Waals surface area contributed by atoms with E-state index in [9.17, 15) is 17.6 Å². The number of rotatable bonds is 7. The molecule has 170 valence electrons. The number of thiazole rings is 1. The van der Waals surface area contributed by atoms with Crippen molar-refractivity contribution in [1.82, 2.24) is 9.97 Å². The lowest BCUT2D eigenvalue weighted by atomic mass is 10.2. The second-order valence-corrected chi connectivity index (χ2v) is 11.0. The molecule has 6 nitrogen and oxygen atoms in total. The summed E-state index contributed by atoms with van der Waals surface area (Å²) in [5.41, 5.74) is 2.45. The largest absolute Gasteiger partial charge is 0.284 e. The van der Waals surface area contributed by atoms with Crippen LogP contribution >= 0.6 is 22.9 Å². The fraction of sp³-hybridized carbons (Fsp3) is 0.174. The van der Waals surface area contributed by atoms with E-state index in [4.69, 9.17) is 11.6 Å². The van der Waals surface area contributed by atoms with E-state index in [0.717, 1.165) is 33.5 Å². The molecule has 0 saturated heterocycles. The Morgan fingerprint density at radius 2 is 1.82 bits per heavy atom. The van der Waals surface area contributed by atoms with Gasteiger partial charge in [0.05, 0.1) is 27.4 Å². The first-order valence-corrected chi connectivity index (χ1v) is 12.8. The number of pyridine rings is 1. The van der Waals surface area contributed by atoms with Crippen LogP contribution in [0.4, 0.5) is 9.52 Å². The van der Waals surface area contributed by atoms with Crippen molar-refractivity contribution in [2.45, 2.75) is 24.8 Å². The van der Waals surface area contributed by atoms with Gasteiger partial charge < -0.3 is 0 Å². The number of carbonyl (C=O) groups excluding carboxylic acids is 1. The molecule has 0 atom stereocenters. The molecule has 33 heavy (non-hydrogen) atoms. The monoisotopic (exact) mass is 503 g/mol. The van der Waals surface area contributed by atoms with E-state index >= 15 is 0 Å². The van der Waals surface area contributed by atoms with Crippen LogP contribution in [0.1, 0.15) is 17.5 Å². The minimum absolute atomic E-state index is 0.0253. The molecule has 2 aromatic carbocycles. The highest BCUT2D eigenvalue weighted by molar-refractivity contribution is 7.91. The van der Waals surface area contributed by atoms with Crippen molar-refractivity contribution in [3.63, 3.8) is 0 Å². The number of aromatic nitrogens is 2. The van der Waals surface area contributed by atoms with Crippen LogP contribution in [0.15, 0.2) is 65.8 Å². The third-order valence-corrected chi connectivity index (χ3v) is 7.99. The second kappa shape index (κ2) is 9.54. The number of benzene rings is 2. The van der Waals surface area contributed by atoms with Crippen LogP contribution in [0.3, 0.4) is 0 Å². The minimum atomic E-state index is -3.76. The topological polar surface area (TPSA) is 80.2 Å². The molecule has 0 aliphatic rings. The summed E-state index contributed by atoms with van der Waals surface area (Å²) in [7, 11) is -3.76. The Morgan fingerprint density at radius 1 is 1.12 bits per heavy atom. The number of nitrogens with zero attached hydrogens (tertiary/aromatic N) is 3. The quantitative estimate of drug-likeness (QED) is 0.324. The van der Waals surface area contributed by atoms with Crippen molar-refractivity contribution < 1.29 is 17.6 Å². The van der Waals surface area contributed by atoms with Crippen LogP contribution < -0.4 is 4.90 Å². The van der Waals surface area contributed by atoms with E-state index in [-0.39, 0.29) is 23.8 Å². The van der Waals surface area contributed by atoms with Gasteiger partial charge in [0.25, 0.3) is 0 Å². The molecule has 0 radical (unpaired) electrons. The van der Waals surface area contributed by atoms with E-state index < -0.39 is 21.4 Å². The average Bonchev–Trinajstić information content (AvgIpc) is 3.21. The molecule has 0 fully saturated rings. The normalized spacial score (nSPS) is 11.6. The molecular weight excluding hydrogens is 485 g/mol. The first kappa shape index (κ1) is 23.3. The van der Waals surface area contributed by atoms with Crippen molar-refractivity contribution in [3.8, 4) is 0 Å². The molecule has 2 aromatic heterocycles. The number of sulfone groups is 1. The summed E-state index contributed by atoms with van der Waals surface area (Å²) in [5, 5.41) is 1.03. The van der Waals surface area contributed by atoms with E-state index in [0.29, 0.717) is 10.2 Å². The molecule has 0 aliphatic carbocycles. The summed E-state index contributed by atoms with van der Waals surface area (Å²) in [5.74, 6) is -1.32. The lowest BCUT2D eigenvalue weighted by molar-refractivity contribution is -0.118. The summed E-state index contributed by atoms with van der Waals surface area (Å²) >= 11 is 7.49. The Morgan fingerprint density at radius 3 is 2.52 bits per heavy atom. The van der Waals surface area contributed by atoms with Crippen LogP contribution in [0, 0.1) is 12.7 Å². The SMILES string of the molecule is Cc1cc(Cl)cc2sc(N(Cc3ccncc3)C(=O)CCS(=O)(=O)c3ccc(F)cc3)nc12. The van der Waals surface area contributed by atoms with Crippen molar-refractivity contribution in [2.24, 2.45) is 0 Å². The van der Waals surface area contributed by atoms with Gasteiger partial charge in [-0.3, -0.25) is 14.7 Å². The summed E-state index contributed by atoms with van der Waals surface area (Å²) in [6, 6.07) is 11.7. The molecule has 4 aromatic rings. The summed E-state index contributed by atoms with van der Waals surface area (Å²) < 4.78 is 39.3. The van der Waals surface area contributed by atoms with E-state index in [2.05, 4.69) is 9.97 Å². The van der Waals surface area contributed by atoms with Gasteiger partial charge in [-0.1, -0.05) is 22.9 Å². The Bertz CT molecular complexity index is 1410. The van der Waals surface area contributed by atoms with Gasteiger partial charge in [-0.2, -0.15) is 0 Å². The van der Waals surface area contributed by atoms with Gasteiger partial charge in [-0.15, -0.1) is 0 Å². The van der Waals surface area contributed by atoms with Crippen molar-refractivity contribution >= 4 is 54.0 Å². The van der Waals surface area contributed by atoms with Gasteiger partial charge in [0, 0.05) is 23.8 Å². The molecule has 1 amide bonds. The van der Waals surface area contributed by atoms with Gasteiger partial charge in [-0.25, -0.2) is 17.8 Å². The Balaban J connectivity index is 1.62. The number of amides is 1. The van der Waals surface area contributed by atoms with Gasteiger partial charge in [0.1, 0.15) is 5.82 Å². The lowest BCUT2D eigenvalue weighted by Crippen LogP contribution is -2.31. The third-order valence-electron chi connectivity index (χ3n) is 5.02. The predicted octanol–water partition coefficient (Wildman–Crippen LogP) is 5.19. The third kappa shape index (κ3) is 5.38. The smallest absolute Gasteiger partial charge is 0.230 e. The molecule has 0 aliphatic heterocycles. The first-order chi connectivity index (χ1) is 15.7. The number of halogens is 2. The van der Waals surface area contributed by atoms with E-state index in [1.54, 1.807) is 36.7 Å². The van der Waals surface area contributed by atoms with Crippen molar-refractivity contribution in [3.05, 3.63) is 82.9 Å². The molecule has 10 heteroatoms. The molecule has 0 spiro atoms. The molecule has 0 N–H and O–H groups in total. The standard InChI is InChI=1S/C23H19ClFN3O3S2/c1-15-12-17(24)13-20-22(15)27-23(32-20)28(14-16-6-9-26-10-7-16)21(29)8-11-33(30,31)19-4-2-18(25)3-5-19/h2-7,9-10,12-13H,8,11,14H2,1H3.